The van der Waals surface area contributed by atoms with Gasteiger partial charge in [0, 0.05) is 30.5 Å². The van der Waals surface area contributed by atoms with Crippen LogP contribution in [0, 0.1) is 5.92 Å². The van der Waals surface area contributed by atoms with Crippen LogP contribution in [0.4, 0.5) is 11.5 Å². The Morgan fingerprint density at radius 1 is 1.29 bits per heavy atom. The minimum absolute atomic E-state index is 0.548. The fourth-order valence-electron chi connectivity index (χ4n) is 2.14. The van der Waals surface area contributed by atoms with Crippen LogP contribution in [0.1, 0.15) is 40.5 Å². The molecule has 1 aromatic rings. The number of nitrogens with zero attached hydrogens (tertiary/aromatic N) is 2. The maximum absolute atomic E-state index is 5.84. The van der Waals surface area contributed by atoms with E-state index in [0.717, 1.165) is 30.9 Å². The molecule has 0 spiro atoms. The second kappa shape index (κ2) is 6.48. The average molecular weight is 235 g/mol. The van der Waals surface area contributed by atoms with Crippen molar-refractivity contribution in [3.63, 3.8) is 0 Å². The van der Waals surface area contributed by atoms with Crippen molar-refractivity contribution >= 4 is 11.5 Å². The molecule has 0 aliphatic heterocycles. The summed E-state index contributed by atoms with van der Waals surface area (Å²) in [6, 6.07) is 4.36. The van der Waals surface area contributed by atoms with Gasteiger partial charge in [-0.1, -0.05) is 27.7 Å². The van der Waals surface area contributed by atoms with Crippen molar-refractivity contribution < 1.29 is 0 Å². The van der Waals surface area contributed by atoms with Gasteiger partial charge in [0.1, 0.15) is 5.82 Å². The molecule has 0 saturated carbocycles. The molecule has 1 rings (SSSR count). The van der Waals surface area contributed by atoms with Crippen LogP contribution in [0.25, 0.3) is 0 Å². The van der Waals surface area contributed by atoms with Crippen LogP contribution in [0.5, 0.6) is 0 Å². The van der Waals surface area contributed by atoms with Crippen LogP contribution in [0.15, 0.2) is 18.3 Å². The number of pyridine rings is 1. The van der Waals surface area contributed by atoms with Crippen molar-refractivity contribution in [3.8, 4) is 0 Å². The molecule has 96 valence electrons. The summed E-state index contributed by atoms with van der Waals surface area (Å²) in [7, 11) is 0. The van der Waals surface area contributed by atoms with Gasteiger partial charge in [-0.15, -0.1) is 0 Å². The SMILES string of the molecule is CCC(CC)N(CC(C)C)c1cc(N)ccn1. The summed E-state index contributed by atoms with van der Waals surface area (Å²) in [6.07, 6.45) is 4.07. The summed E-state index contributed by atoms with van der Waals surface area (Å²) in [4.78, 5) is 6.85. The fourth-order valence-corrected chi connectivity index (χ4v) is 2.14. The highest BCUT2D eigenvalue weighted by Gasteiger charge is 2.17. The lowest BCUT2D eigenvalue weighted by Crippen LogP contribution is -2.38. The van der Waals surface area contributed by atoms with Crippen LogP contribution in [-0.2, 0) is 0 Å². The smallest absolute Gasteiger partial charge is 0.130 e. The Labute approximate surface area is 105 Å². The zero-order valence-electron chi connectivity index (χ0n) is 11.5. The third-order valence-electron chi connectivity index (χ3n) is 3.01. The molecule has 0 aliphatic rings. The Kier molecular flexibility index (Phi) is 5.26. The van der Waals surface area contributed by atoms with Crippen molar-refractivity contribution in [1.82, 2.24) is 4.98 Å². The lowest BCUT2D eigenvalue weighted by molar-refractivity contribution is 0.503. The quantitative estimate of drug-likeness (QED) is 0.822. The van der Waals surface area contributed by atoms with E-state index < -0.39 is 0 Å². The summed E-state index contributed by atoms with van der Waals surface area (Å²) < 4.78 is 0. The molecule has 3 nitrogen and oxygen atoms in total. The lowest BCUT2D eigenvalue weighted by Gasteiger charge is -2.33. The van der Waals surface area contributed by atoms with Crippen LogP contribution in [0.3, 0.4) is 0 Å². The van der Waals surface area contributed by atoms with Gasteiger partial charge in [0.05, 0.1) is 0 Å². The van der Waals surface area contributed by atoms with Gasteiger partial charge in [0.25, 0.3) is 0 Å². The van der Waals surface area contributed by atoms with Gasteiger partial charge < -0.3 is 10.6 Å². The van der Waals surface area contributed by atoms with E-state index in [1.54, 1.807) is 6.20 Å². The van der Waals surface area contributed by atoms with E-state index in [1.165, 1.54) is 0 Å². The number of nitrogen functional groups attached to an aromatic ring is 1. The minimum Gasteiger partial charge on any atom is -0.399 e. The van der Waals surface area contributed by atoms with E-state index in [-0.39, 0.29) is 0 Å². The largest absolute Gasteiger partial charge is 0.399 e. The molecule has 0 aromatic carbocycles. The van der Waals surface area contributed by atoms with Gasteiger partial charge >= 0.3 is 0 Å². The van der Waals surface area contributed by atoms with Gasteiger partial charge in [0.15, 0.2) is 0 Å². The minimum atomic E-state index is 0.548. The van der Waals surface area contributed by atoms with Crippen molar-refractivity contribution in [1.29, 1.82) is 0 Å². The van der Waals surface area contributed by atoms with Crippen LogP contribution >= 0.6 is 0 Å². The van der Waals surface area contributed by atoms with E-state index in [9.17, 15) is 0 Å². The normalized spacial score (nSPS) is 11.2. The van der Waals surface area contributed by atoms with E-state index in [4.69, 9.17) is 5.73 Å². The number of hydrogen-bond acceptors (Lipinski definition) is 3. The first kappa shape index (κ1) is 13.8. The maximum atomic E-state index is 5.84. The summed E-state index contributed by atoms with van der Waals surface area (Å²) in [5.74, 6) is 1.63. The van der Waals surface area contributed by atoms with Gasteiger partial charge in [-0.2, -0.15) is 0 Å². The molecular weight excluding hydrogens is 210 g/mol. The second-order valence-corrected chi connectivity index (χ2v) is 4.96. The summed E-state index contributed by atoms with van der Waals surface area (Å²) in [5.41, 5.74) is 6.63. The molecule has 0 radical (unpaired) electrons. The molecular formula is C14H25N3. The van der Waals surface area contributed by atoms with Gasteiger partial charge in [-0.25, -0.2) is 4.98 Å². The van der Waals surface area contributed by atoms with Crippen molar-refractivity contribution in [2.45, 2.75) is 46.6 Å². The third-order valence-corrected chi connectivity index (χ3v) is 3.01. The molecule has 2 N–H and O–H groups in total. The van der Waals surface area contributed by atoms with Gasteiger partial charge in [-0.05, 0) is 24.8 Å². The lowest BCUT2D eigenvalue weighted by atomic mass is 10.1. The predicted molar refractivity (Wildman–Crippen MR) is 75.2 cm³/mol. The molecule has 0 saturated heterocycles. The first-order chi connectivity index (χ1) is 8.08. The molecule has 0 bridgehead atoms. The molecule has 3 heteroatoms. The van der Waals surface area contributed by atoms with Gasteiger partial charge in [0.2, 0.25) is 0 Å². The Hall–Kier alpha value is -1.25. The van der Waals surface area contributed by atoms with Crippen molar-refractivity contribution in [2.75, 3.05) is 17.2 Å². The van der Waals surface area contributed by atoms with Crippen LogP contribution < -0.4 is 10.6 Å². The van der Waals surface area contributed by atoms with E-state index in [1.807, 2.05) is 12.1 Å². The highest BCUT2D eigenvalue weighted by atomic mass is 15.2. The third kappa shape index (κ3) is 3.91. The molecule has 1 heterocycles. The fraction of sp³-hybridized carbons (Fsp3) is 0.643. The highest BCUT2D eigenvalue weighted by molar-refractivity contribution is 5.50. The van der Waals surface area contributed by atoms with E-state index in [0.29, 0.717) is 12.0 Å². The first-order valence-corrected chi connectivity index (χ1v) is 6.56. The molecule has 0 aliphatic carbocycles. The molecule has 0 unspecified atom stereocenters. The molecule has 0 fully saturated rings. The molecule has 1 aromatic heterocycles. The van der Waals surface area contributed by atoms with Gasteiger partial charge in [-0.3, -0.25) is 0 Å². The first-order valence-electron chi connectivity index (χ1n) is 6.56. The number of rotatable bonds is 6. The number of anilines is 2. The predicted octanol–water partition coefficient (Wildman–Crippen LogP) is 3.31. The number of aromatic nitrogens is 1. The van der Waals surface area contributed by atoms with Crippen molar-refractivity contribution in [2.24, 2.45) is 5.92 Å². The molecule has 17 heavy (non-hydrogen) atoms. The number of nitrogens with two attached hydrogens (primary N) is 1. The van der Waals surface area contributed by atoms with E-state index in [2.05, 4.69) is 37.6 Å². The highest BCUT2D eigenvalue weighted by Crippen LogP contribution is 2.21. The second-order valence-electron chi connectivity index (χ2n) is 4.96. The Balaban J connectivity index is 2.96. The zero-order valence-corrected chi connectivity index (χ0v) is 11.5. The van der Waals surface area contributed by atoms with Crippen molar-refractivity contribution in [3.05, 3.63) is 18.3 Å². The van der Waals surface area contributed by atoms with Crippen LogP contribution in [-0.4, -0.2) is 17.6 Å². The summed E-state index contributed by atoms with van der Waals surface area (Å²) in [6.45, 7) is 9.97. The molecule has 0 amide bonds. The maximum Gasteiger partial charge on any atom is 0.130 e. The average Bonchev–Trinajstić information content (AvgIpc) is 2.29. The topological polar surface area (TPSA) is 42.1 Å². The Bertz CT molecular complexity index is 332. The Morgan fingerprint density at radius 3 is 2.41 bits per heavy atom. The standard InChI is InChI=1S/C14H25N3/c1-5-13(6-2)17(10-11(3)4)14-9-12(15)7-8-16-14/h7-9,11,13H,5-6,10H2,1-4H3,(H2,15,16). The Morgan fingerprint density at radius 2 is 1.94 bits per heavy atom. The van der Waals surface area contributed by atoms with E-state index >= 15 is 0 Å². The summed E-state index contributed by atoms with van der Waals surface area (Å²) in [5, 5.41) is 0. The summed E-state index contributed by atoms with van der Waals surface area (Å²) >= 11 is 0. The number of hydrogen-bond donors (Lipinski definition) is 1. The molecule has 0 atom stereocenters. The monoisotopic (exact) mass is 235 g/mol. The zero-order chi connectivity index (χ0) is 12.8. The van der Waals surface area contributed by atoms with Crippen LogP contribution in [0.2, 0.25) is 0 Å².